The fourth-order valence-corrected chi connectivity index (χ4v) is 2.71. The molecule has 1 aliphatic rings. The van der Waals surface area contributed by atoms with E-state index in [9.17, 15) is 19.2 Å². The standard InChI is InChI=1S/C20H18N2O5/c1-13-6-8-15(9-7-13)21-17(23)12-27-19(25)11-22-18(24)10-14-4-2-3-5-16(14)20(22)26/h2-9H,10-12H2,1H3,(H,21,23). The fourth-order valence-electron chi connectivity index (χ4n) is 2.71. The van der Waals surface area contributed by atoms with Crippen molar-refractivity contribution in [1.82, 2.24) is 4.90 Å². The van der Waals surface area contributed by atoms with Crippen molar-refractivity contribution in [2.45, 2.75) is 13.3 Å². The number of nitrogens with zero attached hydrogens (tertiary/aromatic N) is 1. The number of carbonyl (C=O) groups is 4. The molecule has 0 saturated heterocycles. The van der Waals surface area contributed by atoms with Crippen LogP contribution in [0.1, 0.15) is 21.5 Å². The van der Waals surface area contributed by atoms with Gasteiger partial charge in [0, 0.05) is 11.3 Å². The van der Waals surface area contributed by atoms with Crippen LogP contribution in [-0.2, 0) is 25.5 Å². The van der Waals surface area contributed by atoms with Crippen molar-refractivity contribution in [2.75, 3.05) is 18.5 Å². The van der Waals surface area contributed by atoms with Gasteiger partial charge in [-0.3, -0.25) is 24.1 Å². The highest BCUT2D eigenvalue weighted by molar-refractivity contribution is 6.11. The molecule has 27 heavy (non-hydrogen) atoms. The lowest BCUT2D eigenvalue weighted by atomic mass is 9.98. The van der Waals surface area contributed by atoms with E-state index in [4.69, 9.17) is 4.74 Å². The maximum Gasteiger partial charge on any atom is 0.326 e. The summed E-state index contributed by atoms with van der Waals surface area (Å²) < 4.78 is 4.89. The van der Waals surface area contributed by atoms with Crippen LogP contribution < -0.4 is 5.32 Å². The third-order valence-electron chi connectivity index (χ3n) is 4.12. The monoisotopic (exact) mass is 366 g/mol. The van der Waals surface area contributed by atoms with Gasteiger partial charge < -0.3 is 10.1 Å². The topological polar surface area (TPSA) is 92.8 Å². The highest BCUT2D eigenvalue weighted by Crippen LogP contribution is 2.19. The van der Waals surface area contributed by atoms with Crippen molar-refractivity contribution in [2.24, 2.45) is 0 Å². The van der Waals surface area contributed by atoms with Crippen LogP contribution in [-0.4, -0.2) is 41.7 Å². The molecule has 2 aromatic rings. The summed E-state index contributed by atoms with van der Waals surface area (Å²) in [4.78, 5) is 49.2. The Labute approximate surface area is 155 Å². The van der Waals surface area contributed by atoms with E-state index in [1.54, 1.807) is 36.4 Å². The zero-order valence-electron chi connectivity index (χ0n) is 14.7. The first kappa shape index (κ1) is 18.3. The molecular formula is C20H18N2O5. The van der Waals surface area contributed by atoms with Gasteiger partial charge in [-0.1, -0.05) is 35.9 Å². The lowest BCUT2D eigenvalue weighted by molar-refractivity contribution is -0.150. The molecule has 0 radical (unpaired) electrons. The number of rotatable bonds is 5. The smallest absolute Gasteiger partial charge is 0.326 e. The first-order chi connectivity index (χ1) is 12.9. The average molecular weight is 366 g/mol. The van der Waals surface area contributed by atoms with E-state index in [2.05, 4.69) is 5.32 Å². The number of fused-ring (bicyclic) bond motifs is 1. The molecule has 0 fully saturated rings. The van der Waals surface area contributed by atoms with Crippen LogP contribution >= 0.6 is 0 Å². The minimum absolute atomic E-state index is 0.0447. The Morgan fingerprint density at radius 1 is 1.07 bits per heavy atom. The van der Waals surface area contributed by atoms with E-state index >= 15 is 0 Å². The molecule has 0 atom stereocenters. The number of amides is 3. The molecule has 7 heteroatoms. The Balaban J connectivity index is 1.53. The molecule has 0 unspecified atom stereocenters. The van der Waals surface area contributed by atoms with Gasteiger partial charge in [0.2, 0.25) is 5.91 Å². The van der Waals surface area contributed by atoms with Crippen LogP contribution in [0.25, 0.3) is 0 Å². The van der Waals surface area contributed by atoms with Crippen molar-refractivity contribution >= 4 is 29.4 Å². The molecule has 3 amide bonds. The van der Waals surface area contributed by atoms with Gasteiger partial charge in [0.15, 0.2) is 6.61 Å². The lowest BCUT2D eigenvalue weighted by Gasteiger charge is -2.25. The van der Waals surface area contributed by atoms with Crippen molar-refractivity contribution in [3.05, 3.63) is 65.2 Å². The highest BCUT2D eigenvalue weighted by atomic mass is 16.5. The quantitative estimate of drug-likeness (QED) is 0.642. The fraction of sp³-hybridized carbons (Fsp3) is 0.200. The minimum atomic E-state index is -0.824. The Kier molecular flexibility index (Phi) is 5.30. The zero-order chi connectivity index (χ0) is 19.4. The average Bonchev–Trinajstić information content (AvgIpc) is 2.65. The predicted molar refractivity (Wildman–Crippen MR) is 97.0 cm³/mol. The summed E-state index contributed by atoms with van der Waals surface area (Å²) in [6.45, 7) is 0.901. The minimum Gasteiger partial charge on any atom is -0.454 e. The summed E-state index contributed by atoms with van der Waals surface area (Å²) in [5.41, 5.74) is 2.66. The SMILES string of the molecule is Cc1ccc(NC(=O)COC(=O)CN2C(=O)Cc3ccccc3C2=O)cc1. The second-order valence-electron chi connectivity index (χ2n) is 6.19. The maximum absolute atomic E-state index is 12.4. The number of esters is 1. The van der Waals surface area contributed by atoms with Gasteiger partial charge in [-0.15, -0.1) is 0 Å². The van der Waals surface area contributed by atoms with E-state index in [-0.39, 0.29) is 6.42 Å². The summed E-state index contributed by atoms with van der Waals surface area (Å²) in [6, 6.07) is 13.9. The highest BCUT2D eigenvalue weighted by Gasteiger charge is 2.32. The summed E-state index contributed by atoms with van der Waals surface area (Å²) in [7, 11) is 0. The van der Waals surface area contributed by atoms with Crippen LogP contribution in [0, 0.1) is 6.92 Å². The molecule has 7 nitrogen and oxygen atoms in total. The Morgan fingerprint density at radius 2 is 1.78 bits per heavy atom. The largest absolute Gasteiger partial charge is 0.454 e. The molecular weight excluding hydrogens is 348 g/mol. The molecule has 3 rings (SSSR count). The van der Waals surface area contributed by atoms with Gasteiger partial charge in [0.25, 0.3) is 11.8 Å². The number of imide groups is 1. The summed E-state index contributed by atoms with van der Waals surface area (Å²) in [5.74, 6) is -2.34. The van der Waals surface area contributed by atoms with Gasteiger partial charge >= 0.3 is 5.97 Å². The number of aryl methyl sites for hydroxylation is 1. The normalized spacial score (nSPS) is 13.1. The Hall–Kier alpha value is -3.48. The number of hydrogen-bond acceptors (Lipinski definition) is 5. The Bertz CT molecular complexity index is 905. The van der Waals surface area contributed by atoms with E-state index in [1.807, 2.05) is 19.1 Å². The molecule has 1 heterocycles. The number of carbonyl (C=O) groups excluding carboxylic acids is 4. The van der Waals surface area contributed by atoms with E-state index in [1.165, 1.54) is 0 Å². The molecule has 0 aliphatic carbocycles. The van der Waals surface area contributed by atoms with Crippen LogP contribution in [0.5, 0.6) is 0 Å². The number of benzene rings is 2. The van der Waals surface area contributed by atoms with E-state index < -0.39 is 36.8 Å². The van der Waals surface area contributed by atoms with Crippen molar-refractivity contribution in [3.63, 3.8) is 0 Å². The van der Waals surface area contributed by atoms with Crippen LogP contribution in [0.4, 0.5) is 5.69 Å². The summed E-state index contributed by atoms with van der Waals surface area (Å²) >= 11 is 0. The van der Waals surface area contributed by atoms with E-state index in [0.717, 1.165) is 10.5 Å². The van der Waals surface area contributed by atoms with Crippen molar-refractivity contribution in [1.29, 1.82) is 0 Å². The number of anilines is 1. The first-order valence-corrected chi connectivity index (χ1v) is 8.39. The second-order valence-corrected chi connectivity index (χ2v) is 6.19. The summed E-state index contributed by atoms with van der Waals surface area (Å²) in [6.07, 6.45) is 0.0447. The Morgan fingerprint density at radius 3 is 2.52 bits per heavy atom. The van der Waals surface area contributed by atoms with E-state index in [0.29, 0.717) is 16.8 Å². The number of hydrogen-bond donors (Lipinski definition) is 1. The van der Waals surface area contributed by atoms with Gasteiger partial charge in [0.1, 0.15) is 6.54 Å². The van der Waals surface area contributed by atoms with Crippen molar-refractivity contribution < 1.29 is 23.9 Å². The number of nitrogens with one attached hydrogen (secondary N) is 1. The van der Waals surface area contributed by atoms with Crippen LogP contribution in [0.2, 0.25) is 0 Å². The molecule has 0 saturated carbocycles. The predicted octanol–water partition coefficient (Wildman–Crippen LogP) is 1.70. The molecule has 2 aromatic carbocycles. The molecule has 1 N–H and O–H groups in total. The van der Waals surface area contributed by atoms with Gasteiger partial charge in [-0.2, -0.15) is 0 Å². The van der Waals surface area contributed by atoms with Crippen LogP contribution in [0.15, 0.2) is 48.5 Å². The second kappa shape index (κ2) is 7.82. The molecule has 0 spiro atoms. The number of ether oxygens (including phenoxy) is 1. The van der Waals surface area contributed by atoms with Crippen molar-refractivity contribution in [3.8, 4) is 0 Å². The summed E-state index contributed by atoms with van der Waals surface area (Å²) in [5, 5.41) is 2.60. The molecule has 138 valence electrons. The molecule has 1 aliphatic heterocycles. The van der Waals surface area contributed by atoms with Gasteiger partial charge in [0.05, 0.1) is 6.42 Å². The van der Waals surface area contributed by atoms with Gasteiger partial charge in [-0.05, 0) is 30.7 Å². The third kappa shape index (κ3) is 4.38. The maximum atomic E-state index is 12.4. The van der Waals surface area contributed by atoms with Gasteiger partial charge in [-0.25, -0.2) is 0 Å². The molecule has 0 aromatic heterocycles. The first-order valence-electron chi connectivity index (χ1n) is 8.39. The zero-order valence-corrected chi connectivity index (χ0v) is 14.7. The third-order valence-corrected chi connectivity index (χ3v) is 4.12. The lowest BCUT2D eigenvalue weighted by Crippen LogP contribution is -2.45. The van der Waals surface area contributed by atoms with Crippen LogP contribution in [0.3, 0.4) is 0 Å². The molecule has 0 bridgehead atoms.